The summed E-state index contributed by atoms with van der Waals surface area (Å²) >= 11 is 0. The Morgan fingerprint density at radius 3 is 2.44 bits per heavy atom. The van der Waals surface area contributed by atoms with Gasteiger partial charge >= 0.3 is 0 Å². The summed E-state index contributed by atoms with van der Waals surface area (Å²) in [5.74, 6) is 0.484. The molecule has 6 rings (SSSR count). The maximum Gasteiger partial charge on any atom is 0.255 e. The predicted molar refractivity (Wildman–Crippen MR) is 171 cm³/mol. The van der Waals surface area contributed by atoms with E-state index < -0.39 is 11.9 Å². The zero-order chi connectivity index (χ0) is 31.5. The quantitative estimate of drug-likeness (QED) is 0.234. The number of likely N-dealkylation sites (tertiary alicyclic amines) is 1. The largest absolute Gasteiger partial charge is 0.495 e. The number of carbonyl (C=O) groups is 3. The monoisotopic (exact) mass is 619 g/mol. The van der Waals surface area contributed by atoms with Crippen molar-refractivity contribution in [3.8, 4) is 11.5 Å². The zero-order valence-electron chi connectivity index (χ0n) is 26.4. The van der Waals surface area contributed by atoms with E-state index in [0.717, 1.165) is 69.6 Å². The van der Waals surface area contributed by atoms with Crippen LogP contribution in [0, 0.1) is 0 Å². The molecule has 3 saturated heterocycles. The van der Waals surface area contributed by atoms with Crippen molar-refractivity contribution in [1.82, 2.24) is 15.1 Å². The molecule has 0 saturated carbocycles. The van der Waals surface area contributed by atoms with Gasteiger partial charge in [-0.3, -0.25) is 19.7 Å². The van der Waals surface area contributed by atoms with Crippen LogP contribution in [0.5, 0.6) is 11.5 Å². The molecule has 0 bridgehead atoms. The second-order valence-corrected chi connectivity index (χ2v) is 12.4. The van der Waals surface area contributed by atoms with Crippen LogP contribution in [0.2, 0.25) is 0 Å². The Balaban J connectivity index is 0.932. The minimum Gasteiger partial charge on any atom is -0.495 e. The molecule has 0 aromatic heterocycles. The van der Waals surface area contributed by atoms with Crippen LogP contribution in [0.25, 0.3) is 0 Å². The normalized spacial score (nSPS) is 21.6. The summed E-state index contributed by atoms with van der Waals surface area (Å²) in [4.78, 5) is 43.7. The van der Waals surface area contributed by atoms with Gasteiger partial charge in [0.15, 0.2) is 0 Å². The highest BCUT2D eigenvalue weighted by molar-refractivity contribution is 6.05. The fourth-order valence-electron chi connectivity index (χ4n) is 7.33. The number of imide groups is 1. The smallest absolute Gasteiger partial charge is 0.255 e. The Kier molecular flexibility index (Phi) is 9.46. The molecule has 1 atom stereocenters. The first-order valence-corrected chi connectivity index (χ1v) is 16.3. The van der Waals surface area contributed by atoms with Gasteiger partial charge in [-0.05, 0) is 62.3 Å². The number of nitrogens with zero attached hydrogens (tertiary/aromatic N) is 3. The standard InChI is InChI=1S/C34H45N5O6/c1-3-22-19-27(35)31(43-2)20-29(22)38-13-9-23(10-14-38)37-15-11-24(12-16-37)44-17-18-45-30-6-4-5-25-26(30)21-39(34(25)42)28-7-8-32(40)36-33(28)41/h4-6,19-20,23-24,28H,3,7-18,21,35H2,1-2H3,(H,36,40,41). The second kappa shape index (κ2) is 13.7. The van der Waals surface area contributed by atoms with Gasteiger partial charge < -0.3 is 34.6 Å². The molecule has 0 aliphatic carbocycles. The molecule has 3 N–H and O–H groups in total. The third-order valence-corrected chi connectivity index (χ3v) is 9.84. The third kappa shape index (κ3) is 6.60. The van der Waals surface area contributed by atoms with E-state index in [2.05, 4.69) is 34.2 Å². The summed E-state index contributed by atoms with van der Waals surface area (Å²) in [5.41, 5.74) is 10.7. The first kappa shape index (κ1) is 31.2. The predicted octanol–water partition coefficient (Wildman–Crippen LogP) is 3.13. The molecule has 2 aromatic carbocycles. The Bertz CT molecular complexity index is 1420. The number of piperidine rings is 3. The van der Waals surface area contributed by atoms with E-state index in [1.54, 1.807) is 24.1 Å². The van der Waals surface area contributed by atoms with Gasteiger partial charge in [0.1, 0.15) is 24.1 Å². The number of benzene rings is 2. The highest BCUT2D eigenvalue weighted by Gasteiger charge is 2.40. The lowest BCUT2D eigenvalue weighted by Gasteiger charge is -2.42. The first-order valence-electron chi connectivity index (χ1n) is 16.3. The fraction of sp³-hybridized carbons (Fsp3) is 0.559. The number of amides is 3. The van der Waals surface area contributed by atoms with Crippen LogP contribution in [-0.2, 0) is 27.3 Å². The lowest BCUT2D eigenvalue weighted by atomic mass is 9.97. The van der Waals surface area contributed by atoms with Crippen molar-refractivity contribution < 1.29 is 28.6 Å². The molecule has 45 heavy (non-hydrogen) atoms. The molecule has 3 amide bonds. The Labute approximate surface area is 264 Å². The van der Waals surface area contributed by atoms with Gasteiger partial charge in [0.2, 0.25) is 11.8 Å². The average Bonchev–Trinajstić information content (AvgIpc) is 3.39. The Morgan fingerprint density at radius 1 is 0.956 bits per heavy atom. The molecule has 11 heteroatoms. The molecule has 0 spiro atoms. The molecule has 242 valence electrons. The third-order valence-electron chi connectivity index (χ3n) is 9.84. The van der Waals surface area contributed by atoms with Gasteiger partial charge in [0, 0.05) is 61.5 Å². The molecule has 4 aliphatic heterocycles. The summed E-state index contributed by atoms with van der Waals surface area (Å²) in [7, 11) is 1.67. The van der Waals surface area contributed by atoms with E-state index in [-0.39, 0.29) is 24.3 Å². The minimum atomic E-state index is -0.640. The number of carbonyl (C=O) groups excluding carboxylic acids is 3. The highest BCUT2D eigenvalue weighted by atomic mass is 16.5. The van der Waals surface area contributed by atoms with E-state index in [1.807, 2.05) is 6.07 Å². The van der Waals surface area contributed by atoms with Crippen LogP contribution in [0.15, 0.2) is 30.3 Å². The number of methoxy groups -OCH3 is 1. The summed E-state index contributed by atoms with van der Waals surface area (Å²) in [6.07, 6.45) is 6.02. The molecule has 3 fully saturated rings. The van der Waals surface area contributed by atoms with E-state index >= 15 is 0 Å². The molecule has 4 aliphatic rings. The van der Waals surface area contributed by atoms with E-state index in [9.17, 15) is 14.4 Å². The van der Waals surface area contributed by atoms with Crippen molar-refractivity contribution in [2.24, 2.45) is 0 Å². The van der Waals surface area contributed by atoms with E-state index in [4.69, 9.17) is 19.9 Å². The second-order valence-electron chi connectivity index (χ2n) is 12.4. The van der Waals surface area contributed by atoms with Crippen LogP contribution in [0.1, 0.15) is 66.9 Å². The number of nitrogens with two attached hydrogens (primary N) is 1. The van der Waals surface area contributed by atoms with Crippen LogP contribution < -0.4 is 25.4 Å². The van der Waals surface area contributed by atoms with Crippen molar-refractivity contribution in [3.63, 3.8) is 0 Å². The van der Waals surface area contributed by atoms with Crippen molar-refractivity contribution in [1.29, 1.82) is 0 Å². The van der Waals surface area contributed by atoms with Gasteiger partial charge in [0.25, 0.3) is 5.91 Å². The molecular weight excluding hydrogens is 574 g/mol. The molecule has 1 unspecified atom stereocenters. The summed E-state index contributed by atoms with van der Waals surface area (Å²) in [5, 5.41) is 2.35. The minimum absolute atomic E-state index is 0.199. The maximum atomic E-state index is 13.1. The van der Waals surface area contributed by atoms with Gasteiger partial charge in [-0.25, -0.2) is 0 Å². The number of aryl methyl sites for hydroxylation is 1. The van der Waals surface area contributed by atoms with Gasteiger partial charge in [0.05, 0.1) is 32.1 Å². The molecule has 4 heterocycles. The summed E-state index contributed by atoms with van der Waals surface area (Å²) in [6, 6.07) is 9.53. The number of hydrogen-bond donors (Lipinski definition) is 2. The number of nitrogen functional groups attached to an aromatic ring is 1. The zero-order valence-corrected chi connectivity index (χ0v) is 26.4. The van der Waals surface area contributed by atoms with E-state index in [0.29, 0.717) is 49.2 Å². The van der Waals surface area contributed by atoms with E-state index in [1.165, 1.54) is 11.3 Å². The lowest BCUT2D eigenvalue weighted by Crippen LogP contribution is -2.52. The fourth-order valence-corrected chi connectivity index (χ4v) is 7.33. The van der Waals surface area contributed by atoms with Crippen LogP contribution in [-0.4, -0.2) is 92.2 Å². The molecular formula is C34H45N5O6. The maximum absolute atomic E-state index is 13.1. The number of hydrogen-bond acceptors (Lipinski definition) is 9. The average molecular weight is 620 g/mol. The number of fused-ring (bicyclic) bond motifs is 1. The van der Waals surface area contributed by atoms with Crippen molar-refractivity contribution in [3.05, 3.63) is 47.0 Å². The van der Waals surface area contributed by atoms with Gasteiger partial charge in [-0.1, -0.05) is 13.0 Å². The first-order chi connectivity index (χ1) is 21.9. The molecule has 2 aromatic rings. The number of anilines is 2. The molecule has 0 radical (unpaired) electrons. The van der Waals surface area contributed by atoms with Crippen LogP contribution in [0.3, 0.4) is 0 Å². The Morgan fingerprint density at radius 2 is 1.73 bits per heavy atom. The number of ether oxygens (including phenoxy) is 3. The number of rotatable bonds is 10. The van der Waals surface area contributed by atoms with Crippen LogP contribution in [0.4, 0.5) is 11.4 Å². The SMILES string of the molecule is CCc1cc(N)c(OC)cc1N1CCC(N2CCC(OCCOc3cccc4c3CN(C3CCC(=O)NC3=O)C4=O)CC2)CC1. The van der Waals surface area contributed by atoms with Crippen molar-refractivity contribution in [2.75, 3.05) is 57.1 Å². The highest BCUT2D eigenvalue weighted by Crippen LogP contribution is 2.35. The number of nitrogens with one attached hydrogen (secondary N) is 1. The van der Waals surface area contributed by atoms with Crippen molar-refractivity contribution in [2.45, 2.75) is 76.6 Å². The summed E-state index contributed by atoms with van der Waals surface area (Å²) in [6.45, 7) is 7.46. The van der Waals surface area contributed by atoms with Crippen molar-refractivity contribution >= 4 is 29.1 Å². The van der Waals surface area contributed by atoms with Crippen LogP contribution >= 0.6 is 0 Å². The van der Waals surface area contributed by atoms with Gasteiger partial charge in [-0.2, -0.15) is 0 Å². The Hall–Kier alpha value is -3.83. The summed E-state index contributed by atoms with van der Waals surface area (Å²) < 4.78 is 17.8. The lowest BCUT2D eigenvalue weighted by molar-refractivity contribution is -0.136. The van der Waals surface area contributed by atoms with Gasteiger partial charge in [-0.15, -0.1) is 0 Å². The molecule has 11 nitrogen and oxygen atoms in total. The topological polar surface area (TPSA) is 127 Å².